The number of aromatic nitrogens is 1. The molecule has 1 aromatic heterocycles. The third-order valence-corrected chi connectivity index (χ3v) is 5.59. The lowest BCUT2D eigenvalue weighted by atomic mass is 9.98. The highest BCUT2D eigenvalue weighted by Crippen LogP contribution is 2.28. The summed E-state index contributed by atoms with van der Waals surface area (Å²) < 4.78 is 5.34. The SMILES string of the molecule is Cc1ccccc1-c1ccc2nc(N)c(CCC(=O)NC3CCOCC3)cc2c1. The largest absolute Gasteiger partial charge is 0.383 e. The van der Waals surface area contributed by atoms with Crippen molar-refractivity contribution in [1.29, 1.82) is 0 Å². The minimum Gasteiger partial charge on any atom is -0.383 e. The molecular formula is C24H27N3O2. The second-order valence-corrected chi connectivity index (χ2v) is 7.71. The Bertz CT molecular complexity index is 1030. The Morgan fingerprint density at radius 2 is 1.97 bits per heavy atom. The molecular weight excluding hydrogens is 362 g/mol. The molecule has 3 N–H and O–H groups in total. The fourth-order valence-electron chi connectivity index (χ4n) is 3.89. The zero-order valence-electron chi connectivity index (χ0n) is 16.8. The van der Waals surface area contributed by atoms with Gasteiger partial charge < -0.3 is 15.8 Å². The summed E-state index contributed by atoms with van der Waals surface area (Å²) in [4.78, 5) is 16.9. The summed E-state index contributed by atoms with van der Waals surface area (Å²) in [6, 6.07) is 16.9. The van der Waals surface area contributed by atoms with Gasteiger partial charge in [0.05, 0.1) is 5.52 Å². The van der Waals surface area contributed by atoms with Gasteiger partial charge >= 0.3 is 0 Å². The van der Waals surface area contributed by atoms with Gasteiger partial charge in [-0.05, 0) is 66.6 Å². The van der Waals surface area contributed by atoms with Crippen LogP contribution in [-0.4, -0.2) is 30.1 Å². The molecule has 3 aromatic rings. The molecule has 5 heteroatoms. The maximum absolute atomic E-state index is 12.3. The molecule has 1 fully saturated rings. The minimum atomic E-state index is 0.0602. The summed E-state index contributed by atoms with van der Waals surface area (Å²) in [7, 11) is 0. The molecule has 4 rings (SSSR count). The Balaban J connectivity index is 1.51. The molecule has 0 atom stereocenters. The van der Waals surface area contributed by atoms with Crippen LogP contribution in [-0.2, 0) is 16.0 Å². The highest BCUT2D eigenvalue weighted by molar-refractivity contribution is 5.87. The van der Waals surface area contributed by atoms with Gasteiger partial charge in [-0.2, -0.15) is 0 Å². The molecule has 1 amide bonds. The Labute approximate surface area is 171 Å². The molecule has 150 valence electrons. The predicted octanol–water partition coefficient (Wildman–Crippen LogP) is 4.02. The minimum absolute atomic E-state index is 0.0602. The van der Waals surface area contributed by atoms with Crippen molar-refractivity contribution < 1.29 is 9.53 Å². The van der Waals surface area contributed by atoms with Crippen LogP contribution in [0.4, 0.5) is 5.82 Å². The lowest BCUT2D eigenvalue weighted by Crippen LogP contribution is -2.38. The number of anilines is 1. The number of nitrogen functional groups attached to an aromatic ring is 1. The van der Waals surface area contributed by atoms with Crippen LogP contribution >= 0.6 is 0 Å². The van der Waals surface area contributed by atoms with Crippen LogP contribution in [0.5, 0.6) is 0 Å². The second-order valence-electron chi connectivity index (χ2n) is 7.71. The number of hydrogen-bond donors (Lipinski definition) is 2. The number of nitrogens with one attached hydrogen (secondary N) is 1. The summed E-state index contributed by atoms with van der Waals surface area (Å²) in [5.74, 6) is 0.560. The number of pyridine rings is 1. The van der Waals surface area contributed by atoms with Gasteiger partial charge in [0.25, 0.3) is 0 Å². The number of benzene rings is 2. The predicted molar refractivity (Wildman–Crippen MR) is 117 cm³/mol. The van der Waals surface area contributed by atoms with Crippen molar-refractivity contribution in [2.24, 2.45) is 0 Å². The fraction of sp³-hybridized carbons (Fsp3) is 0.333. The van der Waals surface area contributed by atoms with E-state index < -0.39 is 0 Å². The Morgan fingerprint density at radius 3 is 2.76 bits per heavy atom. The number of aryl methyl sites for hydroxylation is 2. The van der Waals surface area contributed by atoms with E-state index in [4.69, 9.17) is 10.5 Å². The average Bonchev–Trinajstić information content (AvgIpc) is 2.73. The molecule has 0 bridgehead atoms. The highest BCUT2D eigenvalue weighted by Gasteiger charge is 2.16. The molecule has 0 spiro atoms. The van der Waals surface area contributed by atoms with Gasteiger partial charge in [0.1, 0.15) is 5.82 Å². The quantitative estimate of drug-likeness (QED) is 0.691. The summed E-state index contributed by atoms with van der Waals surface area (Å²) >= 11 is 0. The van der Waals surface area contributed by atoms with Crippen LogP contribution in [0.15, 0.2) is 48.5 Å². The van der Waals surface area contributed by atoms with E-state index in [0.717, 1.165) is 48.1 Å². The summed E-state index contributed by atoms with van der Waals surface area (Å²) in [5.41, 5.74) is 11.6. The van der Waals surface area contributed by atoms with Gasteiger partial charge in [-0.1, -0.05) is 30.3 Å². The molecule has 2 heterocycles. The van der Waals surface area contributed by atoms with Crippen LogP contribution in [0.3, 0.4) is 0 Å². The van der Waals surface area contributed by atoms with Crippen molar-refractivity contribution in [3.8, 4) is 11.1 Å². The molecule has 1 aliphatic rings. The number of nitrogens with two attached hydrogens (primary N) is 1. The first-order valence-electron chi connectivity index (χ1n) is 10.2. The van der Waals surface area contributed by atoms with Crippen LogP contribution in [0.1, 0.15) is 30.4 Å². The molecule has 0 radical (unpaired) electrons. The van der Waals surface area contributed by atoms with Crippen molar-refractivity contribution in [3.05, 3.63) is 59.7 Å². The van der Waals surface area contributed by atoms with Gasteiger partial charge in [0, 0.05) is 31.1 Å². The molecule has 0 unspecified atom stereocenters. The topological polar surface area (TPSA) is 77.2 Å². The zero-order valence-corrected chi connectivity index (χ0v) is 16.8. The average molecular weight is 389 g/mol. The molecule has 29 heavy (non-hydrogen) atoms. The molecule has 5 nitrogen and oxygen atoms in total. The maximum Gasteiger partial charge on any atom is 0.220 e. The van der Waals surface area contributed by atoms with Crippen molar-refractivity contribution >= 4 is 22.6 Å². The second kappa shape index (κ2) is 8.62. The summed E-state index contributed by atoms with van der Waals surface area (Å²) in [6.45, 7) is 3.55. The number of amides is 1. The van der Waals surface area contributed by atoms with Crippen molar-refractivity contribution in [2.45, 2.75) is 38.6 Å². The summed E-state index contributed by atoms with van der Waals surface area (Å²) in [5, 5.41) is 4.14. The van der Waals surface area contributed by atoms with Gasteiger partial charge in [0.15, 0.2) is 0 Å². The number of fused-ring (bicyclic) bond motifs is 1. The Kier molecular flexibility index (Phi) is 5.76. The van der Waals surface area contributed by atoms with Crippen LogP contribution in [0.25, 0.3) is 22.0 Å². The molecule has 2 aromatic carbocycles. The number of carbonyl (C=O) groups excluding carboxylic acids is 1. The smallest absolute Gasteiger partial charge is 0.220 e. The fourth-order valence-corrected chi connectivity index (χ4v) is 3.89. The number of hydrogen-bond acceptors (Lipinski definition) is 4. The number of carbonyl (C=O) groups is 1. The first-order valence-corrected chi connectivity index (χ1v) is 10.2. The van der Waals surface area contributed by atoms with Gasteiger partial charge in [0.2, 0.25) is 5.91 Å². The third-order valence-electron chi connectivity index (χ3n) is 5.59. The van der Waals surface area contributed by atoms with Crippen molar-refractivity contribution in [1.82, 2.24) is 10.3 Å². The van der Waals surface area contributed by atoms with Gasteiger partial charge in [-0.15, -0.1) is 0 Å². The Morgan fingerprint density at radius 1 is 1.17 bits per heavy atom. The number of nitrogens with zero attached hydrogens (tertiary/aromatic N) is 1. The van der Waals surface area contributed by atoms with Gasteiger partial charge in [-0.25, -0.2) is 4.98 Å². The van der Waals surface area contributed by atoms with E-state index >= 15 is 0 Å². The first-order chi connectivity index (χ1) is 14.1. The standard InChI is InChI=1S/C24H27N3O2/c1-16-4-2-3-5-21(16)17-6-8-22-19(14-17)15-18(24(25)27-22)7-9-23(28)26-20-10-12-29-13-11-20/h2-6,8,14-15,20H,7,9-13H2,1H3,(H2,25,27)(H,26,28). The van der Waals surface area contributed by atoms with Gasteiger partial charge in [-0.3, -0.25) is 4.79 Å². The lowest BCUT2D eigenvalue weighted by Gasteiger charge is -2.23. The normalized spacial score (nSPS) is 14.8. The van der Waals surface area contributed by atoms with E-state index in [-0.39, 0.29) is 11.9 Å². The number of ether oxygens (including phenoxy) is 1. The molecule has 1 saturated heterocycles. The van der Waals surface area contributed by atoms with Crippen LogP contribution in [0.2, 0.25) is 0 Å². The molecule has 1 aliphatic heterocycles. The van der Waals surface area contributed by atoms with E-state index in [9.17, 15) is 4.79 Å². The highest BCUT2D eigenvalue weighted by atomic mass is 16.5. The lowest BCUT2D eigenvalue weighted by molar-refractivity contribution is -0.122. The van der Waals surface area contributed by atoms with E-state index in [0.29, 0.717) is 18.7 Å². The van der Waals surface area contributed by atoms with Crippen LogP contribution < -0.4 is 11.1 Å². The van der Waals surface area contributed by atoms with Crippen LogP contribution in [0, 0.1) is 6.92 Å². The maximum atomic E-state index is 12.3. The molecule has 0 aliphatic carbocycles. The van der Waals surface area contributed by atoms with E-state index in [2.05, 4.69) is 53.6 Å². The zero-order chi connectivity index (χ0) is 20.2. The van der Waals surface area contributed by atoms with E-state index in [1.807, 2.05) is 12.1 Å². The Hall–Kier alpha value is -2.92. The van der Waals surface area contributed by atoms with Crippen molar-refractivity contribution in [2.75, 3.05) is 18.9 Å². The van der Waals surface area contributed by atoms with E-state index in [1.54, 1.807) is 0 Å². The first kappa shape index (κ1) is 19.4. The third kappa shape index (κ3) is 4.57. The monoisotopic (exact) mass is 389 g/mol. The number of rotatable bonds is 5. The van der Waals surface area contributed by atoms with Crippen molar-refractivity contribution in [3.63, 3.8) is 0 Å². The summed E-state index contributed by atoms with van der Waals surface area (Å²) in [6.07, 6.45) is 2.75. The van der Waals surface area contributed by atoms with E-state index in [1.165, 1.54) is 11.1 Å². The molecule has 0 saturated carbocycles.